The summed E-state index contributed by atoms with van der Waals surface area (Å²) < 4.78 is 12.6. The monoisotopic (exact) mass is 502 g/mol. The number of guanidine groups is 1. The smallest absolute Gasteiger partial charge is 0.191 e. The van der Waals surface area contributed by atoms with Gasteiger partial charge >= 0.3 is 0 Å². The number of hydrogen-bond acceptors (Lipinski definition) is 5. The molecule has 0 aliphatic carbocycles. The molecule has 2 N–H and O–H groups in total. The highest BCUT2D eigenvalue weighted by atomic mass is 127. The fourth-order valence-corrected chi connectivity index (χ4v) is 2.98. The number of aryl methyl sites for hydroxylation is 1. The summed E-state index contributed by atoms with van der Waals surface area (Å²) in [7, 11) is 1.94. The fourth-order valence-electron chi connectivity index (χ4n) is 2.98. The molecule has 2 aromatic rings. The number of aromatic nitrogens is 2. The molecule has 0 spiro atoms. The maximum Gasteiger partial charge on any atom is 0.191 e. The lowest BCUT2D eigenvalue weighted by molar-refractivity contribution is 0.0376. The van der Waals surface area contributed by atoms with Crippen LogP contribution in [0.15, 0.2) is 40.1 Å². The van der Waals surface area contributed by atoms with Gasteiger partial charge in [0.2, 0.25) is 0 Å². The molecule has 156 valence electrons. The third-order valence-corrected chi connectivity index (χ3v) is 4.61. The van der Waals surface area contributed by atoms with Crippen molar-refractivity contribution in [2.24, 2.45) is 12.0 Å². The SMILES string of the molecule is Cn1nccc1CN=C(NCCCN1CCOCC1)NCCc1ccco1.I. The second kappa shape index (κ2) is 12.8. The predicted octanol–water partition coefficient (Wildman–Crippen LogP) is 1.63. The van der Waals surface area contributed by atoms with Gasteiger partial charge in [-0.25, -0.2) is 4.99 Å². The van der Waals surface area contributed by atoms with Crippen LogP contribution in [0.3, 0.4) is 0 Å². The molecule has 0 amide bonds. The normalized spacial score (nSPS) is 15.2. The van der Waals surface area contributed by atoms with E-state index in [1.54, 1.807) is 12.5 Å². The largest absolute Gasteiger partial charge is 0.469 e. The van der Waals surface area contributed by atoms with E-state index in [0.29, 0.717) is 6.54 Å². The molecule has 1 saturated heterocycles. The van der Waals surface area contributed by atoms with E-state index in [9.17, 15) is 0 Å². The Morgan fingerprint density at radius 1 is 1.21 bits per heavy atom. The van der Waals surface area contributed by atoms with E-state index in [2.05, 4.69) is 20.6 Å². The number of nitrogens with zero attached hydrogens (tertiary/aromatic N) is 4. The van der Waals surface area contributed by atoms with Crippen molar-refractivity contribution in [1.29, 1.82) is 0 Å². The highest BCUT2D eigenvalue weighted by Crippen LogP contribution is 2.01. The van der Waals surface area contributed by atoms with Gasteiger partial charge in [0, 0.05) is 45.8 Å². The average molecular weight is 502 g/mol. The maximum absolute atomic E-state index is 5.39. The van der Waals surface area contributed by atoms with Crippen LogP contribution in [0, 0.1) is 0 Å². The number of furan rings is 1. The quantitative estimate of drug-likeness (QED) is 0.235. The average Bonchev–Trinajstić information content (AvgIpc) is 3.35. The summed E-state index contributed by atoms with van der Waals surface area (Å²) in [6, 6.07) is 5.89. The number of ether oxygens (including phenoxy) is 1. The number of hydrogen-bond donors (Lipinski definition) is 2. The highest BCUT2D eigenvalue weighted by Gasteiger charge is 2.09. The van der Waals surface area contributed by atoms with Gasteiger partial charge in [0.1, 0.15) is 5.76 Å². The lowest BCUT2D eigenvalue weighted by atomic mass is 10.3. The minimum Gasteiger partial charge on any atom is -0.469 e. The maximum atomic E-state index is 5.39. The molecule has 1 aliphatic heterocycles. The first kappa shape index (κ1) is 22.7. The standard InChI is InChI=1S/C19H30N6O2.HI/c1-24-17(5-9-23-24)16-22-19(21-8-6-18-4-2-13-27-18)20-7-3-10-25-11-14-26-15-12-25;/h2,4-5,9,13H,3,6-8,10-12,14-16H2,1H3,(H2,20,21,22);1H. The third kappa shape index (κ3) is 7.80. The minimum absolute atomic E-state index is 0. The van der Waals surface area contributed by atoms with Gasteiger partial charge in [-0.15, -0.1) is 24.0 Å². The summed E-state index contributed by atoms with van der Waals surface area (Å²) in [5, 5.41) is 11.0. The molecule has 1 aliphatic rings. The Balaban J connectivity index is 0.00000280. The van der Waals surface area contributed by atoms with Crippen molar-refractivity contribution in [2.45, 2.75) is 19.4 Å². The van der Waals surface area contributed by atoms with Crippen molar-refractivity contribution >= 4 is 29.9 Å². The Labute approximate surface area is 183 Å². The van der Waals surface area contributed by atoms with Gasteiger partial charge < -0.3 is 19.8 Å². The molecule has 0 unspecified atom stereocenters. The molecule has 0 bridgehead atoms. The fraction of sp³-hybridized carbons (Fsp3) is 0.579. The minimum atomic E-state index is 0. The summed E-state index contributed by atoms with van der Waals surface area (Å²) in [5.74, 6) is 1.80. The van der Waals surface area contributed by atoms with Gasteiger partial charge in [-0.3, -0.25) is 9.58 Å². The lowest BCUT2D eigenvalue weighted by Crippen LogP contribution is -2.41. The first-order valence-corrected chi connectivity index (χ1v) is 9.63. The Morgan fingerprint density at radius 3 is 2.75 bits per heavy atom. The predicted molar refractivity (Wildman–Crippen MR) is 120 cm³/mol. The van der Waals surface area contributed by atoms with E-state index in [1.165, 1.54) is 0 Å². The van der Waals surface area contributed by atoms with E-state index in [1.807, 2.05) is 29.9 Å². The zero-order valence-corrected chi connectivity index (χ0v) is 18.8. The number of morpholine rings is 1. The van der Waals surface area contributed by atoms with Crippen LogP contribution in [0.1, 0.15) is 17.9 Å². The van der Waals surface area contributed by atoms with Crippen LogP contribution in [0.5, 0.6) is 0 Å². The third-order valence-electron chi connectivity index (χ3n) is 4.61. The topological polar surface area (TPSA) is 79.9 Å². The number of halogens is 1. The summed E-state index contributed by atoms with van der Waals surface area (Å²) in [5.41, 5.74) is 1.08. The van der Waals surface area contributed by atoms with E-state index in [-0.39, 0.29) is 24.0 Å². The van der Waals surface area contributed by atoms with Crippen LogP contribution in [0.2, 0.25) is 0 Å². The van der Waals surface area contributed by atoms with Crippen molar-refractivity contribution in [2.75, 3.05) is 45.9 Å². The molecule has 3 rings (SSSR count). The van der Waals surface area contributed by atoms with E-state index >= 15 is 0 Å². The Kier molecular flexibility index (Phi) is 10.4. The summed E-state index contributed by atoms with van der Waals surface area (Å²) in [6.45, 7) is 7.08. The van der Waals surface area contributed by atoms with Gasteiger partial charge in [0.15, 0.2) is 5.96 Å². The molecule has 9 heteroatoms. The zero-order valence-electron chi connectivity index (χ0n) is 16.5. The molecule has 1 fully saturated rings. The summed E-state index contributed by atoms with van der Waals surface area (Å²) >= 11 is 0. The second-order valence-electron chi connectivity index (χ2n) is 6.60. The molecule has 8 nitrogen and oxygen atoms in total. The van der Waals surface area contributed by atoms with Gasteiger partial charge in [-0.2, -0.15) is 5.10 Å². The number of nitrogens with one attached hydrogen (secondary N) is 2. The summed E-state index contributed by atoms with van der Waals surface area (Å²) in [6.07, 6.45) is 5.40. The Hall–Kier alpha value is -1.59. The van der Waals surface area contributed by atoms with Gasteiger partial charge in [0.05, 0.1) is 31.7 Å². The molecule has 0 aromatic carbocycles. The molecule has 0 radical (unpaired) electrons. The molecule has 2 aromatic heterocycles. The van der Waals surface area contributed by atoms with Crippen molar-refractivity contribution < 1.29 is 9.15 Å². The van der Waals surface area contributed by atoms with Crippen molar-refractivity contribution in [3.8, 4) is 0 Å². The van der Waals surface area contributed by atoms with Crippen molar-refractivity contribution in [3.63, 3.8) is 0 Å². The Bertz CT molecular complexity index is 682. The van der Waals surface area contributed by atoms with Gasteiger partial charge in [0.25, 0.3) is 0 Å². The van der Waals surface area contributed by atoms with Crippen LogP contribution in [-0.2, 0) is 24.8 Å². The highest BCUT2D eigenvalue weighted by molar-refractivity contribution is 14.0. The number of rotatable bonds is 9. The van der Waals surface area contributed by atoms with Crippen molar-refractivity contribution in [3.05, 3.63) is 42.1 Å². The van der Waals surface area contributed by atoms with Crippen LogP contribution < -0.4 is 10.6 Å². The molecule has 28 heavy (non-hydrogen) atoms. The molecular weight excluding hydrogens is 471 g/mol. The Morgan fingerprint density at radius 2 is 2.04 bits per heavy atom. The van der Waals surface area contributed by atoms with Crippen LogP contribution in [-0.4, -0.2) is 66.6 Å². The second-order valence-corrected chi connectivity index (χ2v) is 6.60. The van der Waals surface area contributed by atoms with Crippen LogP contribution in [0.25, 0.3) is 0 Å². The molecule has 0 atom stereocenters. The van der Waals surface area contributed by atoms with E-state index in [0.717, 1.165) is 76.2 Å². The lowest BCUT2D eigenvalue weighted by Gasteiger charge is -2.26. The van der Waals surface area contributed by atoms with E-state index < -0.39 is 0 Å². The first-order chi connectivity index (χ1) is 13.3. The molecular formula is C19H31IN6O2. The van der Waals surface area contributed by atoms with Crippen molar-refractivity contribution in [1.82, 2.24) is 25.3 Å². The van der Waals surface area contributed by atoms with E-state index in [4.69, 9.17) is 14.1 Å². The van der Waals surface area contributed by atoms with Crippen LogP contribution >= 0.6 is 24.0 Å². The molecule has 0 saturated carbocycles. The first-order valence-electron chi connectivity index (χ1n) is 9.63. The summed E-state index contributed by atoms with van der Waals surface area (Å²) in [4.78, 5) is 7.15. The molecule has 3 heterocycles. The van der Waals surface area contributed by atoms with Gasteiger partial charge in [-0.1, -0.05) is 0 Å². The number of aliphatic imine (C=N–C) groups is 1. The van der Waals surface area contributed by atoms with Crippen LogP contribution in [0.4, 0.5) is 0 Å². The zero-order chi connectivity index (χ0) is 18.7. The van der Waals surface area contributed by atoms with Gasteiger partial charge in [-0.05, 0) is 31.2 Å².